The van der Waals surface area contributed by atoms with E-state index in [1.165, 1.54) is 11.6 Å². The largest absolute Gasteiger partial charge is 0.327 e. The molecule has 0 radical (unpaired) electrons. The van der Waals surface area contributed by atoms with Gasteiger partial charge in [0.1, 0.15) is 0 Å². The molecule has 0 aliphatic carbocycles. The van der Waals surface area contributed by atoms with Gasteiger partial charge in [-0.3, -0.25) is 4.98 Å². The highest BCUT2D eigenvalue weighted by atomic mass is 19.2. The molecule has 0 spiro atoms. The average molecular weight is 262 g/mol. The van der Waals surface area contributed by atoms with Crippen molar-refractivity contribution in [3.63, 3.8) is 0 Å². The van der Waals surface area contributed by atoms with Crippen molar-refractivity contribution in [3.8, 4) is 0 Å². The van der Waals surface area contributed by atoms with Crippen LogP contribution in [0.1, 0.15) is 17.5 Å². The molecule has 19 heavy (non-hydrogen) atoms. The van der Waals surface area contributed by atoms with Gasteiger partial charge < -0.3 is 5.73 Å². The van der Waals surface area contributed by atoms with Crippen molar-refractivity contribution in [2.45, 2.75) is 25.3 Å². The van der Waals surface area contributed by atoms with Crippen LogP contribution in [0.3, 0.4) is 0 Å². The number of halogens is 2. The van der Waals surface area contributed by atoms with E-state index in [0.717, 1.165) is 24.5 Å². The fourth-order valence-corrected chi connectivity index (χ4v) is 1.97. The van der Waals surface area contributed by atoms with Crippen LogP contribution in [0.15, 0.2) is 42.7 Å². The van der Waals surface area contributed by atoms with Crippen LogP contribution < -0.4 is 5.73 Å². The van der Waals surface area contributed by atoms with Gasteiger partial charge in [-0.1, -0.05) is 6.07 Å². The first kappa shape index (κ1) is 13.6. The maximum atomic E-state index is 13.1. The lowest BCUT2D eigenvalue weighted by molar-refractivity contribution is 0.505. The van der Waals surface area contributed by atoms with Crippen molar-refractivity contribution >= 4 is 0 Å². The van der Waals surface area contributed by atoms with Crippen LogP contribution in [-0.4, -0.2) is 11.0 Å². The van der Waals surface area contributed by atoms with E-state index in [-0.39, 0.29) is 6.04 Å². The molecule has 100 valence electrons. The molecule has 4 heteroatoms. The smallest absolute Gasteiger partial charge is 0.159 e. The zero-order chi connectivity index (χ0) is 13.7. The highest BCUT2D eigenvalue weighted by Crippen LogP contribution is 2.12. The number of hydrogen-bond donors (Lipinski definition) is 1. The fourth-order valence-electron chi connectivity index (χ4n) is 1.97. The lowest BCUT2D eigenvalue weighted by Gasteiger charge is -2.11. The molecule has 0 bridgehead atoms. The fraction of sp³-hybridized carbons (Fsp3) is 0.267. The molecule has 1 atom stereocenters. The summed E-state index contributed by atoms with van der Waals surface area (Å²) in [5.74, 6) is -1.65. The third kappa shape index (κ3) is 4.10. The zero-order valence-electron chi connectivity index (χ0n) is 10.5. The van der Waals surface area contributed by atoms with Gasteiger partial charge in [0.05, 0.1) is 0 Å². The van der Waals surface area contributed by atoms with E-state index in [2.05, 4.69) is 4.98 Å². The number of aryl methyl sites for hydroxylation is 1. The Bertz CT molecular complexity index is 529. The monoisotopic (exact) mass is 262 g/mol. The van der Waals surface area contributed by atoms with E-state index in [4.69, 9.17) is 5.73 Å². The van der Waals surface area contributed by atoms with Crippen LogP contribution in [0.25, 0.3) is 0 Å². The van der Waals surface area contributed by atoms with Gasteiger partial charge in [0.15, 0.2) is 11.6 Å². The van der Waals surface area contributed by atoms with Crippen molar-refractivity contribution in [2.75, 3.05) is 0 Å². The minimum absolute atomic E-state index is 0.0713. The zero-order valence-corrected chi connectivity index (χ0v) is 10.5. The van der Waals surface area contributed by atoms with E-state index in [0.29, 0.717) is 6.42 Å². The molecule has 1 aromatic carbocycles. The number of rotatable bonds is 5. The maximum absolute atomic E-state index is 13.1. The molecule has 1 aromatic heterocycles. The second-order valence-electron chi connectivity index (χ2n) is 4.61. The standard InChI is InChI=1S/C15H16F2N2/c16-14-4-2-12(10-15(14)17)9-13(18)3-1-11-5-7-19-8-6-11/h2,4-8,10,13H,1,3,9,18H2. The van der Waals surface area contributed by atoms with Gasteiger partial charge in [-0.2, -0.15) is 0 Å². The Morgan fingerprint density at radius 3 is 2.42 bits per heavy atom. The van der Waals surface area contributed by atoms with Crippen LogP contribution in [0.4, 0.5) is 8.78 Å². The summed E-state index contributed by atoms with van der Waals surface area (Å²) in [7, 11) is 0. The molecule has 0 amide bonds. The normalized spacial score (nSPS) is 12.4. The van der Waals surface area contributed by atoms with Crippen molar-refractivity contribution < 1.29 is 8.78 Å². The molecule has 2 aromatic rings. The number of pyridine rings is 1. The molecule has 0 saturated carbocycles. The lowest BCUT2D eigenvalue weighted by Crippen LogP contribution is -2.23. The number of nitrogens with two attached hydrogens (primary N) is 1. The number of benzene rings is 1. The number of nitrogens with zero attached hydrogens (tertiary/aromatic N) is 1. The Kier molecular flexibility index (Phi) is 4.58. The second kappa shape index (κ2) is 6.38. The first-order valence-electron chi connectivity index (χ1n) is 6.23. The number of aromatic nitrogens is 1. The first-order valence-corrected chi connectivity index (χ1v) is 6.23. The Balaban J connectivity index is 1.87. The highest BCUT2D eigenvalue weighted by molar-refractivity contribution is 5.19. The summed E-state index contributed by atoms with van der Waals surface area (Å²) >= 11 is 0. The van der Waals surface area contributed by atoms with E-state index in [9.17, 15) is 8.78 Å². The lowest BCUT2D eigenvalue weighted by atomic mass is 10.00. The van der Waals surface area contributed by atoms with Gasteiger partial charge in [0, 0.05) is 18.4 Å². The highest BCUT2D eigenvalue weighted by Gasteiger charge is 2.07. The van der Waals surface area contributed by atoms with Crippen LogP contribution in [0.5, 0.6) is 0 Å². The summed E-state index contributed by atoms with van der Waals surface area (Å²) in [4.78, 5) is 3.95. The Morgan fingerprint density at radius 1 is 1.00 bits per heavy atom. The van der Waals surface area contributed by atoms with Crippen LogP contribution in [0, 0.1) is 11.6 Å². The number of hydrogen-bond acceptors (Lipinski definition) is 2. The summed E-state index contributed by atoms with van der Waals surface area (Å²) in [6.07, 6.45) is 5.69. The van der Waals surface area contributed by atoms with Crippen LogP contribution in [-0.2, 0) is 12.8 Å². The van der Waals surface area contributed by atoms with E-state index in [1.807, 2.05) is 12.1 Å². The van der Waals surface area contributed by atoms with Gasteiger partial charge in [-0.05, 0) is 54.7 Å². The maximum Gasteiger partial charge on any atom is 0.159 e. The van der Waals surface area contributed by atoms with Crippen LogP contribution in [0.2, 0.25) is 0 Å². The summed E-state index contributed by atoms with van der Waals surface area (Å²) in [5, 5.41) is 0. The predicted molar refractivity (Wildman–Crippen MR) is 70.6 cm³/mol. The summed E-state index contributed by atoms with van der Waals surface area (Å²) in [5.41, 5.74) is 7.91. The molecule has 0 fully saturated rings. The van der Waals surface area contributed by atoms with Gasteiger partial charge in [-0.25, -0.2) is 8.78 Å². The molecule has 1 unspecified atom stereocenters. The Labute approximate surface area is 111 Å². The minimum atomic E-state index is -0.825. The minimum Gasteiger partial charge on any atom is -0.327 e. The summed E-state index contributed by atoms with van der Waals surface area (Å²) in [6.45, 7) is 0. The molecule has 0 aliphatic rings. The molecule has 2 rings (SSSR count). The molecule has 2 N–H and O–H groups in total. The third-order valence-electron chi connectivity index (χ3n) is 3.04. The van der Waals surface area contributed by atoms with Gasteiger partial charge in [0.2, 0.25) is 0 Å². The molecule has 0 aliphatic heterocycles. The van der Waals surface area contributed by atoms with Gasteiger partial charge >= 0.3 is 0 Å². The van der Waals surface area contributed by atoms with E-state index < -0.39 is 11.6 Å². The average Bonchev–Trinajstić information content (AvgIpc) is 2.42. The van der Waals surface area contributed by atoms with Crippen molar-refractivity contribution in [1.29, 1.82) is 0 Å². The summed E-state index contributed by atoms with van der Waals surface area (Å²) in [6, 6.07) is 7.75. The predicted octanol–water partition coefficient (Wildman–Crippen LogP) is 2.86. The Morgan fingerprint density at radius 2 is 1.74 bits per heavy atom. The first-order chi connectivity index (χ1) is 9.15. The molecule has 1 heterocycles. The Hall–Kier alpha value is -1.81. The molecular weight excluding hydrogens is 246 g/mol. The van der Waals surface area contributed by atoms with Crippen molar-refractivity contribution in [1.82, 2.24) is 4.98 Å². The summed E-state index contributed by atoms with van der Waals surface area (Å²) < 4.78 is 25.9. The van der Waals surface area contributed by atoms with Crippen LogP contribution >= 0.6 is 0 Å². The third-order valence-corrected chi connectivity index (χ3v) is 3.04. The molecule has 2 nitrogen and oxygen atoms in total. The van der Waals surface area contributed by atoms with Crippen molar-refractivity contribution in [2.24, 2.45) is 5.73 Å². The van der Waals surface area contributed by atoms with E-state index in [1.54, 1.807) is 18.5 Å². The van der Waals surface area contributed by atoms with Crippen molar-refractivity contribution in [3.05, 3.63) is 65.5 Å². The molecular formula is C15H16F2N2. The second-order valence-corrected chi connectivity index (χ2v) is 4.61. The SMILES string of the molecule is NC(CCc1ccncc1)Cc1ccc(F)c(F)c1. The van der Waals surface area contributed by atoms with Gasteiger partial charge in [0.25, 0.3) is 0 Å². The van der Waals surface area contributed by atoms with Gasteiger partial charge in [-0.15, -0.1) is 0 Å². The quantitative estimate of drug-likeness (QED) is 0.900. The van der Waals surface area contributed by atoms with E-state index >= 15 is 0 Å². The molecule has 0 saturated heterocycles. The topological polar surface area (TPSA) is 38.9 Å².